The fourth-order valence-electron chi connectivity index (χ4n) is 2.12. The molecule has 1 aromatic rings. The predicted molar refractivity (Wildman–Crippen MR) is 68.2 cm³/mol. The Balaban J connectivity index is 1.87. The summed E-state index contributed by atoms with van der Waals surface area (Å²) < 4.78 is 5.13. The lowest BCUT2D eigenvalue weighted by Crippen LogP contribution is -2.46. The summed E-state index contributed by atoms with van der Waals surface area (Å²) in [6, 6.07) is 8.30. The highest BCUT2D eigenvalue weighted by Gasteiger charge is 2.34. The molecule has 1 aliphatic rings. The van der Waals surface area contributed by atoms with E-state index in [1.807, 2.05) is 12.1 Å². The zero-order valence-electron chi connectivity index (χ0n) is 10.6. The van der Waals surface area contributed by atoms with Crippen LogP contribution in [0, 0.1) is 0 Å². The van der Waals surface area contributed by atoms with Gasteiger partial charge in [-0.25, -0.2) is 0 Å². The molecule has 1 aromatic carbocycles. The van der Waals surface area contributed by atoms with Crippen LogP contribution < -0.4 is 10.1 Å². The molecule has 3 nitrogen and oxygen atoms in total. The van der Waals surface area contributed by atoms with Gasteiger partial charge in [0.2, 0.25) is 0 Å². The Morgan fingerprint density at radius 3 is 2.47 bits per heavy atom. The zero-order chi connectivity index (χ0) is 12.3. The van der Waals surface area contributed by atoms with Gasteiger partial charge >= 0.3 is 0 Å². The maximum Gasteiger partial charge on any atom is 0.118 e. The van der Waals surface area contributed by atoms with Crippen molar-refractivity contribution in [2.24, 2.45) is 0 Å². The largest absolute Gasteiger partial charge is 0.497 e. The molecule has 2 N–H and O–H groups in total. The van der Waals surface area contributed by atoms with Crippen molar-refractivity contribution in [2.45, 2.75) is 37.8 Å². The summed E-state index contributed by atoms with van der Waals surface area (Å²) >= 11 is 0. The van der Waals surface area contributed by atoms with Crippen LogP contribution in [0.1, 0.15) is 37.8 Å². The minimum absolute atomic E-state index is 0.255. The van der Waals surface area contributed by atoms with Crippen LogP contribution in [-0.4, -0.2) is 24.4 Å². The third-order valence-electron chi connectivity index (χ3n) is 3.64. The summed E-state index contributed by atoms with van der Waals surface area (Å²) in [7, 11) is 1.67. The van der Waals surface area contributed by atoms with Gasteiger partial charge in [0.15, 0.2) is 0 Å². The molecule has 17 heavy (non-hydrogen) atoms. The number of nitrogens with one attached hydrogen (secondary N) is 1. The number of benzene rings is 1. The first-order chi connectivity index (χ1) is 8.13. The first kappa shape index (κ1) is 12.4. The lowest BCUT2D eigenvalue weighted by molar-refractivity contribution is -0.0329. The summed E-state index contributed by atoms with van der Waals surface area (Å²) in [5.74, 6) is 0.874. The molecule has 1 fully saturated rings. The second-order valence-electron chi connectivity index (χ2n) is 4.95. The molecule has 94 valence electrons. The van der Waals surface area contributed by atoms with Crippen molar-refractivity contribution in [1.29, 1.82) is 0 Å². The van der Waals surface area contributed by atoms with Gasteiger partial charge in [-0.3, -0.25) is 0 Å². The maximum absolute atomic E-state index is 10.0. The molecule has 0 heterocycles. The van der Waals surface area contributed by atoms with Gasteiger partial charge in [0.05, 0.1) is 12.7 Å². The van der Waals surface area contributed by atoms with Crippen molar-refractivity contribution in [1.82, 2.24) is 5.32 Å². The molecule has 0 spiro atoms. The molecule has 1 aliphatic carbocycles. The van der Waals surface area contributed by atoms with Gasteiger partial charge in [-0.1, -0.05) is 12.1 Å². The Hall–Kier alpha value is -1.06. The smallest absolute Gasteiger partial charge is 0.118 e. The number of ether oxygens (including phenoxy) is 1. The Morgan fingerprint density at radius 2 is 2.00 bits per heavy atom. The Kier molecular flexibility index (Phi) is 3.69. The van der Waals surface area contributed by atoms with Crippen molar-refractivity contribution in [2.75, 3.05) is 13.7 Å². The van der Waals surface area contributed by atoms with Crippen LogP contribution in [0.5, 0.6) is 5.75 Å². The van der Waals surface area contributed by atoms with Crippen molar-refractivity contribution >= 4 is 0 Å². The molecule has 1 atom stereocenters. The molecule has 1 unspecified atom stereocenters. The SMILES string of the molecule is COc1ccc(C(C)NCC2(O)CCC2)cc1. The van der Waals surface area contributed by atoms with E-state index in [2.05, 4.69) is 24.4 Å². The number of methoxy groups -OCH3 is 1. The first-order valence-electron chi connectivity index (χ1n) is 6.23. The molecule has 1 saturated carbocycles. The van der Waals surface area contributed by atoms with Gasteiger partial charge in [0.25, 0.3) is 0 Å². The van der Waals surface area contributed by atoms with E-state index in [-0.39, 0.29) is 6.04 Å². The summed E-state index contributed by atoms with van der Waals surface area (Å²) in [4.78, 5) is 0. The molecule has 2 rings (SSSR count). The Morgan fingerprint density at radius 1 is 1.35 bits per heavy atom. The van der Waals surface area contributed by atoms with Crippen LogP contribution in [-0.2, 0) is 0 Å². The number of rotatable bonds is 5. The van der Waals surface area contributed by atoms with Crippen LogP contribution in [0.2, 0.25) is 0 Å². The third kappa shape index (κ3) is 2.99. The molecular formula is C14H21NO2. The van der Waals surface area contributed by atoms with Gasteiger partial charge in [0.1, 0.15) is 5.75 Å². The van der Waals surface area contributed by atoms with E-state index in [1.165, 1.54) is 5.56 Å². The van der Waals surface area contributed by atoms with E-state index in [4.69, 9.17) is 4.74 Å². The summed E-state index contributed by atoms with van der Waals surface area (Å²) in [6.45, 7) is 2.80. The van der Waals surface area contributed by atoms with Crippen LogP contribution in [0.3, 0.4) is 0 Å². The quantitative estimate of drug-likeness (QED) is 0.822. The predicted octanol–water partition coefficient (Wildman–Crippen LogP) is 2.26. The molecule has 0 amide bonds. The molecule has 3 heteroatoms. The monoisotopic (exact) mass is 235 g/mol. The lowest BCUT2D eigenvalue weighted by Gasteiger charge is -2.37. The van der Waals surface area contributed by atoms with Gasteiger partial charge in [-0.15, -0.1) is 0 Å². The van der Waals surface area contributed by atoms with Gasteiger partial charge in [-0.2, -0.15) is 0 Å². The highest BCUT2D eigenvalue weighted by atomic mass is 16.5. The van der Waals surface area contributed by atoms with E-state index in [0.29, 0.717) is 6.54 Å². The van der Waals surface area contributed by atoms with E-state index in [0.717, 1.165) is 25.0 Å². The Bertz CT molecular complexity index is 357. The van der Waals surface area contributed by atoms with Crippen molar-refractivity contribution in [3.8, 4) is 5.75 Å². The summed E-state index contributed by atoms with van der Waals surface area (Å²) in [6.07, 6.45) is 3.00. The molecule has 0 aromatic heterocycles. The molecule has 0 aliphatic heterocycles. The van der Waals surface area contributed by atoms with E-state index >= 15 is 0 Å². The van der Waals surface area contributed by atoms with Crippen molar-refractivity contribution < 1.29 is 9.84 Å². The topological polar surface area (TPSA) is 41.5 Å². The van der Waals surface area contributed by atoms with Crippen molar-refractivity contribution in [3.63, 3.8) is 0 Å². The van der Waals surface area contributed by atoms with Crippen molar-refractivity contribution in [3.05, 3.63) is 29.8 Å². The van der Waals surface area contributed by atoms with Crippen LogP contribution >= 0.6 is 0 Å². The van der Waals surface area contributed by atoms with E-state index in [9.17, 15) is 5.11 Å². The normalized spacial score (nSPS) is 19.5. The first-order valence-corrected chi connectivity index (χ1v) is 6.23. The zero-order valence-corrected chi connectivity index (χ0v) is 10.6. The maximum atomic E-state index is 10.0. The second-order valence-corrected chi connectivity index (χ2v) is 4.95. The van der Waals surface area contributed by atoms with E-state index in [1.54, 1.807) is 7.11 Å². The third-order valence-corrected chi connectivity index (χ3v) is 3.64. The molecule has 0 saturated heterocycles. The van der Waals surface area contributed by atoms with Gasteiger partial charge in [-0.05, 0) is 43.9 Å². The highest BCUT2D eigenvalue weighted by Crippen LogP contribution is 2.31. The standard InChI is InChI=1S/C14H21NO2/c1-11(15-10-14(16)8-3-9-14)12-4-6-13(17-2)7-5-12/h4-7,11,15-16H,3,8-10H2,1-2H3. The fraction of sp³-hybridized carbons (Fsp3) is 0.571. The average Bonchev–Trinajstić information content (AvgIpc) is 2.33. The fourth-order valence-corrected chi connectivity index (χ4v) is 2.12. The minimum Gasteiger partial charge on any atom is -0.497 e. The summed E-state index contributed by atoms with van der Waals surface area (Å²) in [5, 5.41) is 13.4. The average molecular weight is 235 g/mol. The molecule has 0 bridgehead atoms. The number of aliphatic hydroxyl groups is 1. The number of hydrogen-bond acceptors (Lipinski definition) is 3. The van der Waals surface area contributed by atoms with Crippen LogP contribution in [0.25, 0.3) is 0 Å². The van der Waals surface area contributed by atoms with Gasteiger partial charge in [0, 0.05) is 12.6 Å². The lowest BCUT2D eigenvalue weighted by atomic mass is 9.80. The van der Waals surface area contributed by atoms with Gasteiger partial charge < -0.3 is 15.2 Å². The minimum atomic E-state index is -0.458. The molecular weight excluding hydrogens is 214 g/mol. The van der Waals surface area contributed by atoms with E-state index < -0.39 is 5.60 Å². The Labute approximate surface area is 103 Å². The second kappa shape index (κ2) is 5.07. The molecule has 0 radical (unpaired) electrons. The number of hydrogen-bond donors (Lipinski definition) is 2. The van der Waals surface area contributed by atoms with Crippen LogP contribution in [0.4, 0.5) is 0 Å². The highest BCUT2D eigenvalue weighted by molar-refractivity contribution is 5.28. The summed E-state index contributed by atoms with van der Waals surface area (Å²) in [5.41, 5.74) is 0.759. The van der Waals surface area contributed by atoms with Crippen LogP contribution in [0.15, 0.2) is 24.3 Å².